The lowest BCUT2D eigenvalue weighted by Crippen LogP contribution is -2.15. The fourth-order valence-electron chi connectivity index (χ4n) is 4.16. The minimum atomic E-state index is -1.42. The number of aromatic carboxylic acids is 1. The van der Waals surface area contributed by atoms with Crippen LogP contribution in [0.3, 0.4) is 0 Å². The maximum absolute atomic E-state index is 13.1. The lowest BCUT2D eigenvalue weighted by atomic mass is 9.97. The van der Waals surface area contributed by atoms with Gasteiger partial charge in [-0.15, -0.1) is 0 Å². The first-order chi connectivity index (χ1) is 18.1. The molecule has 0 heterocycles. The first kappa shape index (κ1) is 30.3. The van der Waals surface area contributed by atoms with Crippen LogP contribution in [0.5, 0.6) is 23.0 Å². The minimum absolute atomic E-state index is 0.00655. The summed E-state index contributed by atoms with van der Waals surface area (Å²) in [5, 5.41) is 30.5. The van der Waals surface area contributed by atoms with Gasteiger partial charge in [-0.1, -0.05) is 39.5 Å². The summed E-state index contributed by atoms with van der Waals surface area (Å²) in [5.41, 5.74) is -0.467. The summed E-state index contributed by atoms with van der Waals surface area (Å²) in [6.07, 6.45) is 5.19. The standard InChI is InChI=1S/C29H36O9/c1-4-6-8-10-20(30)12-18-15-23(17-24(32)26(18)28(34)35)38-29(36)27-19(13-21(31)11-9-7-5-2)14-22(37-3)16-25(27)33/h14-17,32-33H,4-13H2,1-3H3,(H,34,35). The Morgan fingerprint density at radius 1 is 0.711 bits per heavy atom. The van der Waals surface area contributed by atoms with Gasteiger partial charge in [0.05, 0.1) is 7.11 Å². The highest BCUT2D eigenvalue weighted by molar-refractivity contribution is 5.98. The van der Waals surface area contributed by atoms with E-state index in [-0.39, 0.29) is 59.0 Å². The van der Waals surface area contributed by atoms with Gasteiger partial charge < -0.3 is 24.8 Å². The topological polar surface area (TPSA) is 147 Å². The zero-order valence-corrected chi connectivity index (χ0v) is 22.2. The third-order valence-electron chi connectivity index (χ3n) is 6.10. The maximum Gasteiger partial charge on any atom is 0.347 e. The fourth-order valence-corrected chi connectivity index (χ4v) is 4.16. The number of hydrogen-bond donors (Lipinski definition) is 3. The summed E-state index contributed by atoms with van der Waals surface area (Å²) in [6.45, 7) is 4.02. The summed E-state index contributed by atoms with van der Waals surface area (Å²) >= 11 is 0. The molecule has 38 heavy (non-hydrogen) atoms. The second kappa shape index (κ2) is 14.8. The van der Waals surface area contributed by atoms with E-state index in [2.05, 4.69) is 0 Å². The van der Waals surface area contributed by atoms with Crippen LogP contribution in [0, 0.1) is 0 Å². The molecule has 2 aromatic carbocycles. The molecule has 9 heteroatoms. The third-order valence-corrected chi connectivity index (χ3v) is 6.10. The molecule has 0 saturated heterocycles. The van der Waals surface area contributed by atoms with E-state index in [9.17, 15) is 34.5 Å². The molecule has 0 spiro atoms. The molecule has 0 amide bonds. The first-order valence-electron chi connectivity index (χ1n) is 12.9. The van der Waals surface area contributed by atoms with Gasteiger partial charge in [0.15, 0.2) is 0 Å². The average Bonchev–Trinajstić information content (AvgIpc) is 2.83. The van der Waals surface area contributed by atoms with Crippen molar-refractivity contribution >= 4 is 23.5 Å². The van der Waals surface area contributed by atoms with Crippen molar-refractivity contribution in [1.82, 2.24) is 0 Å². The second-order valence-corrected chi connectivity index (χ2v) is 9.20. The van der Waals surface area contributed by atoms with Gasteiger partial charge >= 0.3 is 11.9 Å². The van der Waals surface area contributed by atoms with E-state index in [1.54, 1.807) is 0 Å². The molecule has 0 aliphatic rings. The Labute approximate surface area is 222 Å². The van der Waals surface area contributed by atoms with Crippen molar-refractivity contribution in [2.45, 2.75) is 78.1 Å². The van der Waals surface area contributed by atoms with E-state index in [1.165, 1.54) is 25.3 Å². The van der Waals surface area contributed by atoms with Gasteiger partial charge in [0.25, 0.3) is 0 Å². The number of rotatable bonds is 16. The van der Waals surface area contributed by atoms with E-state index in [0.717, 1.165) is 31.7 Å². The molecule has 0 aromatic heterocycles. The molecule has 0 fully saturated rings. The van der Waals surface area contributed by atoms with Crippen molar-refractivity contribution in [1.29, 1.82) is 0 Å². The van der Waals surface area contributed by atoms with E-state index < -0.39 is 29.0 Å². The molecule has 3 N–H and O–H groups in total. The highest BCUT2D eigenvalue weighted by Crippen LogP contribution is 2.33. The van der Waals surface area contributed by atoms with Gasteiger partial charge in [-0.05, 0) is 36.1 Å². The number of ether oxygens (including phenoxy) is 2. The molecule has 0 aliphatic heterocycles. The summed E-state index contributed by atoms with van der Waals surface area (Å²) in [7, 11) is 1.39. The Bertz CT molecular complexity index is 1170. The average molecular weight is 529 g/mol. The zero-order valence-electron chi connectivity index (χ0n) is 22.2. The van der Waals surface area contributed by atoms with Crippen LogP contribution in [-0.2, 0) is 22.4 Å². The Kier molecular flexibility index (Phi) is 11.8. The van der Waals surface area contributed by atoms with E-state index >= 15 is 0 Å². The van der Waals surface area contributed by atoms with Crippen molar-refractivity contribution in [2.24, 2.45) is 0 Å². The van der Waals surface area contributed by atoms with Crippen LogP contribution in [0.4, 0.5) is 0 Å². The number of carbonyl (C=O) groups is 4. The number of carbonyl (C=O) groups excluding carboxylic acids is 3. The second-order valence-electron chi connectivity index (χ2n) is 9.20. The molecule has 206 valence electrons. The van der Waals surface area contributed by atoms with Crippen LogP contribution >= 0.6 is 0 Å². The summed E-state index contributed by atoms with van der Waals surface area (Å²) in [5.74, 6) is -3.83. The van der Waals surface area contributed by atoms with Gasteiger partial charge in [0.1, 0.15) is 45.7 Å². The quantitative estimate of drug-likeness (QED) is 0.148. The number of carboxylic acid groups (broad SMARTS) is 1. The molecule has 0 bridgehead atoms. The predicted octanol–water partition coefficient (Wildman–Crippen LogP) is 5.41. The summed E-state index contributed by atoms with van der Waals surface area (Å²) < 4.78 is 10.6. The number of methoxy groups -OCH3 is 1. The third kappa shape index (κ3) is 8.61. The van der Waals surface area contributed by atoms with E-state index in [0.29, 0.717) is 19.3 Å². The summed E-state index contributed by atoms with van der Waals surface area (Å²) in [6, 6.07) is 4.87. The van der Waals surface area contributed by atoms with Crippen molar-refractivity contribution < 1.29 is 44.0 Å². The molecule has 0 aliphatic carbocycles. The van der Waals surface area contributed by atoms with Crippen LogP contribution in [-0.4, -0.2) is 45.9 Å². The van der Waals surface area contributed by atoms with Crippen LogP contribution in [0.15, 0.2) is 24.3 Å². The molecule has 2 rings (SSSR count). The molecule has 2 aromatic rings. The number of esters is 1. The predicted molar refractivity (Wildman–Crippen MR) is 140 cm³/mol. The summed E-state index contributed by atoms with van der Waals surface area (Å²) in [4.78, 5) is 49.8. The number of ketones is 2. The number of Topliss-reactive ketones (excluding diaryl/α,β-unsaturated/α-hetero) is 2. The normalized spacial score (nSPS) is 10.7. The van der Waals surface area contributed by atoms with Gasteiger partial charge in [0.2, 0.25) is 0 Å². The molecule has 9 nitrogen and oxygen atoms in total. The number of phenols is 2. The minimum Gasteiger partial charge on any atom is -0.507 e. The number of carboxylic acids is 1. The molecule has 0 radical (unpaired) electrons. The van der Waals surface area contributed by atoms with Gasteiger partial charge in [-0.25, -0.2) is 9.59 Å². The molecular weight excluding hydrogens is 492 g/mol. The van der Waals surface area contributed by atoms with E-state index in [4.69, 9.17) is 9.47 Å². The number of benzene rings is 2. The number of unbranched alkanes of at least 4 members (excludes halogenated alkanes) is 4. The maximum atomic E-state index is 13.1. The number of hydrogen-bond acceptors (Lipinski definition) is 8. The van der Waals surface area contributed by atoms with Crippen molar-refractivity contribution in [3.63, 3.8) is 0 Å². The highest BCUT2D eigenvalue weighted by Gasteiger charge is 2.25. The van der Waals surface area contributed by atoms with Crippen LogP contribution < -0.4 is 9.47 Å². The Balaban J connectivity index is 2.37. The molecular formula is C29H36O9. The number of aromatic hydroxyl groups is 2. The highest BCUT2D eigenvalue weighted by atomic mass is 16.5. The van der Waals surface area contributed by atoms with E-state index in [1.807, 2.05) is 13.8 Å². The lowest BCUT2D eigenvalue weighted by Gasteiger charge is -2.15. The Morgan fingerprint density at radius 3 is 1.68 bits per heavy atom. The largest absolute Gasteiger partial charge is 0.507 e. The van der Waals surface area contributed by atoms with Crippen LogP contribution in [0.2, 0.25) is 0 Å². The Morgan fingerprint density at radius 2 is 1.18 bits per heavy atom. The van der Waals surface area contributed by atoms with Gasteiger partial charge in [-0.3, -0.25) is 9.59 Å². The van der Waals surface area contributed by atoms with Crippen molar-refractivity contribution in [3.8, 4) is 23.0 Å². The molecule has 0 atom stereocenters. The first-order valence-corrected chi connectivity index (χ1v) is 12.9. The smallest absolute Gasteiger partial charge is 0.347 e. The van der Waals surface area contributed by atoms with Gasteiger partial charge in [0, 0.05) is 37.8 Å². The SMILES string of the molecule is CCCCCC(=O)Cc1cc(OC(=O)c2c(O)cc(OC)cc2CC(=O)CCCCC)cc(O)c1C(=O)O. The fraction of sp³-hybridized carbons (Fsp3) is 0.448. The van der Waals surface area contributed by atoms with Gasteiger partial charge in [-0.2, -0.15) is 0 Å². The monoisotopic (exact) mass is 528 g/mol. The van der Waals surface area contributed by atoms with Crippen LogP contribution in [0.25, 0.3) is 0 Å². The van der Waals surface area contributed by atoms with Crippen LogP contribution in [0.1, 0.15) is 97.1 Å². The Hall–Kier alpha value is -3.88. The lowest BCUT2D eigenvalue weighted by molar-refractivity contribution is -0.119. The van der Waals surface area contributed by atoms with Crippen molar-refractivity contribution in [3.05, 3.63) is 46.5 Å². The molecule has 0 saturated carbocycles. The van der Waals surface area contributed by atoms with Crippen molar-refractivity contribution in [2.75, 3.05) is 7.11 Å². The number of phenolic OH excluding ortho intramolecular Hbond substituents is 1. The zero-order chi connectivity index (χ0) is 28.2. The molecule has 0 unspecified atom stereocenters.